The van der Waals surface area contributed by atoms with Gasteiger partial charge in [-0.15, -0.1) is 11.3 Å². The summed E-state index contributed by atoms with van der Waals surface area (Å²) in [7, 11) is 3.04. The van der Waals surface area contributed by atoms with Crippen molar-refractivity contribution in [1.82, 2.24) is 5.32 Å². The minimum absolute atomic E-state index is 0.0840. The quantitative estimate of drug-likeness (QED) is 0.635. The fourth-order valence-electron chi connectivity index (χ4n) is 2.97. The van der Waals surface area contributed by atoms with Crippen LogP contribution in [-0.4, -0.2) is 32.6 Å². The van der Waals surface area contributed by atoms with Crippen LogP contribution in [0, 0.1) is 0 Å². The number of methoxy groups -OCH3 is 2. The molecule has 2 aromatic rings. The standard InChI is InChI=1S/C19H21NO4S/c1-23-14-7-8-15-12(10-14)5-6-13-11-16(25-18(13)15)19(22)20-9-3-4-17(21)24-2/h7-8,10-11H,3-6,9H2,1-2H3,(H,20,22). The molecule has 0 aliphatic heterocycles. The van der Waals surface area contributed by atoms with Crippen LogP contribution in [-0.2, 0) is 22.4 Å². The van der Waals surface area contributed by atoms with Crippen LogP contribution in [0.3, 0.4) is 0 Å². The van der Waals surface area contributed by atoms with E-state index in [0.29, 0.717) is 24.3 Å². The Morgan fingerprint density at radius 1 is 1.16 bits per heavy atom. The Morgan fingerprint density at radius 2 is 1.96 bits per heavy atom. The van der Waals surface area contributed by atoms with E-state index in [-0.39, 0.29) is 11.9 Å². The molecule has 3 rings (SSSR count). The maximum Gasteiger partial charge on any atom is 0.305 e. The zero-order valence-corrected chi connectivity index (χ0v) is 15.2. The van der Waals surface area contributed by atoms with Crippen LogP contribution in [0.2, 0.25) is 0 Å². The lowest BCUT2D eigenvalue weighted by Crippen LogP contribution is -2.24. The molecule has 1 aliphatic rings. The van der Waals surface area contributed by atoms with Gasteiger partial charge >= 0.3 is 5.97 Å². The van der Waals surface area contributed by atoms with Gasteiger partial charge in [-0.05, 0) is 60.2 Å². The monoisotopic (exact) mass is 359 g/mol. The van der Waals surface area contributed by atoms with E-state index in [1.54, 1.807) is 7.11 Å². The number of ether oxygens (including phenoxy) is 2. The minimum Gasteiger partial charge on any atom is -0.497 e. The van der Waals surface area contributed by atoms with E-state index in [1.807, 2.05) is 12.1 Å². The molecule has 5 nitrogen and oxygen atoms in total. The van der Waals surface area contributed by atoms with Crippen LogP contribution in [0.25, 0.3) is 10.4 Å². The van der Waals surface area contributed by atoms with Gasteiger partial charge in [0.2, 0.25) is 0 Å². The third-order valence-electron chi connectivity index (χ3n) is 4.32. The lowest BCUT2D eigenvalue weighted by molar-refractivity contribution is -0.140. The average Bonchev–Trinajstić information content (AvgIpc) is 3.09. The van der Waals surface area contributed by atoms with E-state index >= 15 is 0 Å². The first-order valence-electron chi connectivity index (χ1n) is 8.27. The number of rotatable bonds is 6. The number of thiophene rings is 1. The summed E-state index contributed by atoms with van der Waals surface area (Å²) in [6.07, 6.45) is 2.77. The van der Waals surface area contributed by atoms with Gasteiger partial charge in [0.1, 0.15) is 5.75 Å². The maximum absolute atomic E-state index is 12.4. The summed E-state index contributed by atoms with van der Waals surface area (Å²) in [5.74, 6) is 0.523. The molecule has 1 N–H and O–H groups in total. The van der Waals surface area contributed by atoms with Crippen molar-refractivity contribution in [1.29, 1.82) is 0 Å². The number of hydrogen-bond acceptors (Lipinski definition) is 5. The molecule has 1 aromatic heterocycles. The average molecular weight is 359 g/mol. The van der Waals surface area contributed by atoms with Gasteiger partial charge in [-0.1, -0.05) is 0 Å². The van der Waals surface area contributed by atoms with Crippen LogP contribution in [0.4, 0.5) is 0 Å². The third-order valence-corrected chi connectivity index (χ3v) is 5.53. The van der Waals surface area contributed by atoms with Crippen molar-refractivity contribution >= 4 is 23.2 Å². The SMILES string of the molecule is COC(=O)CCCNC(=O)c1cc2c(s1)-c1ccc(OC)cc1CC2. The van der Waals surface area contributed by atoms with Gasteiger partial charge in [-0.3, -0.25) is 9.59 Å². The van der Waals surface area contributed by atoms with Crippen LogP contribution in [0.15, 0.2) is 24.3 Å². The molecule has 0 fully saturated rings. The molecule has 0 radical (unpaired) electrons. The van der Waals surface area contributed by atoms with Gasteiger partial charge in [0.15, 0.2) is 0 Å². The van der Waals surface area contributed by atoms with E-state index in [1.165, 1.54) is 40.0 Å². The molecule has 1 amide bonds. The Bertz CT molecular complexity index is 797. The van der Waals surface area contributed by atoms with Crippen molar-refractivity contribution in [2.75, 3.05) is 20.8 Å². The molecule has 1 aromatic carbocycles. The molecule has 0 bridgehead atoms. The van der Waals surface area contributed by atoms with Crippen molar-refractivity contribution in [2.45, 2.75) is 25.7 Å². The van der Waals surface area contributed by atoms with Crippen LogP contribution in [0.5, 0.6) is 5.75 Å². The summed E-state index contributed by atoms with van der Waals surface area (Å²) < 4.78 is 9.89. The first-order chi connectivity index (χ1) is 12.1. The zero-order chi connectivity index (χ0) is 17.8. The smallest absolute Gasteiger partial charge is 0.305 e. The summed E-state index contributed by atoms with van der Waals surface area (Å²) in [6.45, 7) is 0.463. The Hall–Kier alpha value is -2.34. The number of benzene rings is 1. The van der Waals surface area contributed by atoms with E-state index in [9.17, 15) is 9.59 Å². The van der Waals surface area contributed by atoms with Crippen molar-refractivity contribution in [2.24, 2.45) is 0 Å². The van der Waals surface area contributed by atoms with Crippen molar-refractivity contribution < 1.29 is 19.1 Å². The first-order valence-corrected chi connectivity index (χ1v) is 9.09. The molecule has 0 unspecified atom stereocenters. The molecule has 132 valence electrons. The number of nitrogens with one attached hydrogen (secondary N) is 1. The van der Waals surface area contributed by atoms with Crippen LogP contribution >= 0.6 is 11.3 Å². The Morgan fingerprint density at radius 3 is 2.72 bits per heavy atom. The van der Waals surface area contributed by atoms with Crippen molar-refractivity contribution in [3.05, 3.63) is 40.3 Å². The Kier molecular flexibility index (Phi) is 5.38. The predicted molar refractivity (Wildman–Crippen MR) is 97.3 cm³/mol. The fraction of sp³-hybridized carbons (Fsp3) is 0.368. The molecule has 25 heavy (non-hydrogen) atoms. The largest absolute Gasteiger partial charge is 0.497 e. The highest BCUT2D eigenvalue weighted by molar-refractivity contribution is 7.17. The molecule has 6 heteroatoms. The highest BCUT2D eigenvalue weighted by atomic mass is 32.1. The zero-order valence-electron chi connectivity index (χ0n) is 14.4. The summed E-state index contributed by atoms with van der Waals surface area (Å²) in [5, 5.41) is 2.87. The van der Waals surface area contributed by atoms with Crippen molar-refractivity contribution in [3.63, 3.8) is 0 Å². The Balaban J connectivity index is 1.69. The number of aryl methyl sites for hydroxylation is 2. The summed E-state index contributed by atoms with van der Waals surface area (Å²) in [6, 6.07) is 8.09. The fourth-order valence-corrected chi connectivity index (χ4v) is 4.16. The molecule has 1 aliphatic carbocycles. The number of carbonyl (C=O) groups is 2. The molecule has 0 saturated heterocycles. The second kappa shape index (κ2) is 7.70. The minimum atomic E-state index is -0.257. The lowest BCUT2D eigenvalue weighted by Gasteiger charge is -2.16. The van der Waals surface area contributed by atoms with Gasteiger partial charge in [0.05, 0.1) is 19.1 Å². The molecule has 0 saturated carbocycles. The molecule has 0 atom stereocenters. The van der Waals surface area contributed by atoms with Crippen LogP contribution in [0.1, 0.15) is 33.6 Å². The second-order valence-electron chi connectivity index (χ2n) is 5.92. The summed E-state index contributed by atoms with van der Waals surface area (Å²) >= 11 is 1.52. The number of esters is 1. The van der Waals surface area contributed by atoms with Gasteiger partial charge < -0.3 is 14.8 Å². The molecule has 0 spiro atoms. The molecular weight excluding hydrogens is 338 g/mol. The van der Waals surface area contributed by atoms with Gasteiger partial charge in [-0.25, -0.2) is 0 Å². The summed E-state index contributed by atoms with van der Waals surface area (Å²) in [4.78, 5) is 25.3. The highest BCUT2D eigenvalue weighted by Gasteiger charge is 2.22. The predicted octanol–water partition coefficient (Wildman–Crippen LogP) is 3.21. The van der Waals surface area contributed by atoms with Gasteiger partial charge in [-0.2, -0.15) is 0 Å². The maximum atomic E-state index is 12.4. The lowest BCUT2D eigenvalue weighted by atomic mass is 9.91. The number of fused-ring (bicyclic) bond motifs is 3. The van der Waals surface area contributed by atoms with Gasteiger partial charge in [0.25, 0.3) is 5.91 Å². The highest BCUT2D eigenvalue weighted by Crippen LogP contribution is 2.40. The Labute approximate surface area is 151 Å². The van der Waals surface area contributed by atoms with E-state index in [0.717, 1.165) is 18.6 Å². The van der Waals surface area contributed by atoms with Crippen molar-refractivity contribution in [3.8, 4) is 16.2 Å². The number of carbonyl (C=O) groups excluding carboxylic acids is 2. The number of hydrogen-bond donors (Lipinski definition) is 1. The third kappa shape index (κ3) is 3.85. The van der Waals surface area contributed by atoms with Crippen LogP contribution < -0.4 is 10.1 Å². The first kappa shape index (κ1) is 17.5. The molecule has 1 heterocycles. The summed E-state index contributed by atoms with van der Waals surface area (Å²) in [5.41, 5.74) is 3.68. The number of amides is 1. The molecular formula is C19H21NO4S. The second-order valence-corrected chi connectivity index (χ2v) is 6.98. The van der Waals surface area contributed by atoms with Gasteiger partial charge in [0, 0.05) is 17.8 Å². The topological polar surface area (TPSA) is 64.6 Å². The normalized spacial score (nSPS) is 12.1. The van der Waals surface area contributed by atoms with E-state index < -0.39 is 0 Å². The van der Waals surface area contributed by atoms with E-state index in [4.69, 9.17) is 4.74 Å². The van der Waals surface area contributed by atoms with E-state index in [2.05, 4.69) is 22.2 Å².